The van der Waals surface area contributed by atoms with Gasteiger partial charge in [-0.05, 0) is 57.0 Å². The van der Waals surface area contributed by atoms with E-state index in [0.29, 0.717) is 38.2 Å². The number of hydrogen-bond acceptors (Lipinski definition) is 4. The third-order valence-corrected chi connectivity index (χ3v) is 6.32. The Morgan fingerprint density at radius 3 is 2.39 bits per heavy atom. The molecule has 174 valence electrons. The van der Waals surface area contributed by atoms with Crippen LogP contribution in [0.25, 0.3) is 0 Å². The van der Waals surface area contributed by atoms with Crippen molar-refractivity contribution in [2.24, 2.45) is 0 Å². The van der Waals surface area contributed by atoms with Crippen LogP contribution in [0.15, 0.2) is 54.6 Å². The van der Waals surface area contributed by atoms with E-state index in [1.165, 1.54) is 18.2 Å². The van der Waals surface area contributed by atoms with Gasteiger partial charge < -0.3 is 20.0 Å². The fourth-order valence-corrected chi connectivity index (χ4v) is 4.75. The number of likely N-dealkylation sites (tertiary alicyclic amines) is 1. The van der Waals surface area contributed by atoms with E-state index in [-0.39, 0.29) is 30.3 Å². The predicted molar refractivity (Wildman–Crippen MR) is 123 cm³/mol. The molecule has 2 saturated heterocycles. The summed E-state index contributed by atoms with van der Waals surface area (Å²) < 4.78 is 13.6. The number of carbonyl (C=O) groups excluding carboxylic acids is 3. The van der Waals surface area contributed by atoms with E-state index in [4.69, 9.17) is 0 Å². The average molecular weight is 453 g/mol. The quantitative estimate of drug-likeness (QED) is 0.757. The molecule has 2 aromatic carbocycles. The maximum absolute atomic E-state index is 13.6. The number of piperidine rings is 1. The Morgan fingerprint density at radius 1 is 1.06 bits per heavy atom. The van der Waals surface area contributed by atoms with Crippen molar-refractivity contribution >= 4 is 23.4 Å². The van der Waals surface area contributed by atoms with Crippen LogP contribution in [-0.4, -0.2) is 65.4 Å². The number of carbonyl (C=O) groups is 3. The molecule has 7 nitrogen and oxygen atoms in total. The third-order valence-electron chi connectivity index (χ3n) is 6.32. The lowest BCUT2D eigenvalue weighted by Gasteiger charge is -2.43. The second-order valence-electron chi connectivity index (χ2n) is 8.96. The van der Waals surface area contributed by atoms with Crippen molar-refractivity contribution in [1.82, 2.24) is 15.1 Å². The second-order valence-corrected chi connectivity index (χ2v) is 8.96. The van der Waals surface area contributed by atoms with Crippen molar-refractivity contribution < 1.29 is 18.8 Å². The Bertz CT molecular complexity index is 1030. The number of para-hydroxylation sites is 1. The first-order valence-corrected chi connectivity index (χ1v) is 11.3. The van der Waals surface area contributed by atoms with Gasteiger partial charge in [-0.3, -0.25) is 14.4 Å². The van der Waals surface area contributed by atoms with Gasteiger partial charge in [-0.15, -0.1) is 0 Å². The first-order valence-electron chi connectivity index (χ1n) is 11.3. The minimum atomic E-state index is -0.821. The molecule has 2 heterocycles. The Labute approximate surface area is 193 Å². The summed E-state index contributed by atoms with van der Waals surface area (Å²) in [6, 6.07) is 15.3. The zero-order valence-corrected chi connectivity index (χ0v) is 19.0. The second kappa shape index (κ2) is 9.21. The van der Waals surface area contributed by atoms with E-state index in [9.17, 15) is 18.8 Å². The van der Waals surface area contributed by atoms with E-state index in [1.54, 1.807) is 15.9 Å². The van der Waals surface area contributed by atoms with Gasteiger partial charge in [0.1, 0.15) is 17.9 Å². The number of nitrogens with zero attached hydrogens (tertiary/aromatic N) is 3. The molecule has 4 rings (SSSR count). The number of nitrogens with one attached hydrogen (secondary N) is 1. The summed E-state index contributed by atoms with van der Waals surface area (Å²) in [4.78, 5) is 44.2. The van der Waals surface area contributed by atoms with E-state index < -0.39 is 11.4 Å². The van der Waals surface area contributed by atoms with Crippen molar-refractivity contribution in [3.05, 3.63) is 66.0 Å². The fourth-order valence-electron chi connectivity index (χ4n) is 4.75. The van der Waals surface area contributed by atoms with Gasteiger partial charge in [0.2, 0.25) is 5.91 Å². The summed E-state index contributed by atoms with van der Waals surface area (Å²) in [5.41, 5.74) is 0.385. The zero-order chi connectivity index (χ0) is 23.6. The van der Waals surface area contributed by atoms with Gasteiger partial charge in [-0.25, -0.2) is 4.39 Å². The summed E-state index contributed by atoms with van der Waals surface area (Å²) in [6.45, 7) is 4.81. The predicted octanol–water partition coefficient (Wildman–Crippen LogP) is 2.63. The molecule has 2 aliphatic rings. The van der Waals surface area contributed by atoms with Crippen molar-refractivity contribution in [3.8, 4) is 0 Å². The van der Waals surface area contributed by atoms with Gasteiger partial charge in [0, 0.05) is 30.4 Å². The highest BCUT2D eigenvalue weighted by molar-refractivity contribution is 5.97. The van der Waals surface area contributed by atoms with Crippen LogP contribution < -0.4 is 10.2 Å². The summed E-state index contributed by atoms with van der Waals surface area (Å²) in [5.74, 6) is -0.981. The van der Waals surface area contributed by atoms with Crippen LogP contribution in [0.2, 0.25) is 0 Å². The van der Waals surface area contributed by atoms with Gasteiger partial charge in [0.25, 0.3) is 11.8 Å². The van der Waals surface area contributed by atoms with Gasteiger partial charge in [0.05, 0.1) is 6.67 Å². The maximum atomic E-state index is 13.6. The number of amides is 3. The van der Waals surface area contributed by atoms with Gasteiger partial charge in [-0.1, -0.05) is 24.3 Å². The minimum Gasteiger partial charge on any atom is -0.352 e. The van der Waals surface area contributed by atoms with Crippen LogP contribution in [0.4, 0.5) is 10.1 Å². The summed E-state index contributed by atoms with van der Waals surface area (Å²) in [6.07, 6.45) is 0.869. The van der Waals surface area contributed by atoms with E-state index >= 15 is 0 Å². The number of anilines is 1. The van der Waals surface area contributed by atoms with Crippen molar-refractivity contribution in [2.75, 3.05) is 31.2 Å². The van der Waals surface area contributed by atoms with Gasteiger partial charge in [0.15, 0.2) is 0 Å². The van der Waals surface area contributed by atoms with Crippen LogP contribution in [0, 0.1) is 5.82 Å². The molecule has 1 N–H and O–H groups in total. The molecule has 0 bridgehead atoms. The highest BCUT2D eigenvalue weighted by atomic mass is 19.1. The van der Waals surface area contributed by atoms with E-state index in [0.717, 1.165) is 5.69 Å². The van der Waals surface area contributed by atoms with Gasteiger partial charge >= 0.3 is 0 Å². The molecule has 1 spiro atoms. The highest BCUT2D eigenvalue weighted by Gasteiger charge is 2.54. The molecular weight excluding hydrogens is 423 g/mol. The molecule has 2 aliphatic heterocycles. The number of benzene rings is 2. The normalized spacial score (nSPS) is 17.7. The first-order chi connectivity index (χ1) is 15.8. The van der Waals surface area contributed by atoms with Crippen molar-refractivity contribution in [3.63, 3.8) is 0 Å². The molecule has 3 amide bonds. The number of rotatable bonds is 5. The SMILES string of the molecule is CC(C)NC(=O)CN1CN(c2ccccc2)C2(CCN(C(=O)c3cccc(F)c3)CC2)C1=O. The van der Waals surface area contributed by atoms with Gasteiger partial charge in [-0.2, -0.15) is 0 Å². The molecule has 2 aromatic rings. The molecule has 8 heteroatoms. The summed E-state index contributed by atoms with van der Waals surface area (Å²) >= 11 is 0. The molecule has 0 radical (unpaired) electrons. The fraction of sp³-hybridized carbons (Fsp3) is 0.400. The van der Waals surface area contributed by atoms with Crippen LogP contribution in [0.5, 0.6) is 0 Å². The van der Waals surface area contributed by atoms with Crippen LogP contribution in [0.1, 0.15) is 37.0 Å². The number of halogens is 1. The Balaban J connectivity index is 1.55. The van der Waals surface area contributed by atoms with Crippen molar-refractivity contribution in [2.45, 2.75) is 38.3 Å². The molecule has 2 fully saturated rings. The monoisotopic (exact) mass is 452 g/mol. The zero-order valence-electron chi connectivity index (χ0n) is 19.0. The third kappa shape index (κ3) is 4.55. The maximum Gasteiger partial charge on any atom is 0.253 e. The molecule has 0 aliphatic carbocycles. The smallest absolute Gasteiger partial charge is 0.253 e. The minimum absolute atomic E-state index is 0.00592. The van der Waals surface area contributed by atoms with Crippen LogP contribution in [0.3, 0.4) is 0 Å². The summed E-state index contributed by atoms with van der Waals surface area (Å²) in [5, 5.41) is 2.85. The Hall–Kier alpha value is -3.42. The number of hydrogen-bond donors (Lipinski definition) is 1. The molecular formula is C25H29FN4O3. The standard InChI is InChI=1S/C25H29FN4O3/c1-18(2)27-22(31)16-29-17-30(21-9-4-3-5-10-21)25(24(29)33)11-13-28(14-12-25)23(32)19-7-6-8-20(26)15-19/h3-10,15,18H,11-14,16-17H2,1-2H3,(H,27,31). The summed E-state index contributed by atoms with van der Waals surface area (Å²) in [7, 11) is 0. The molecule has 0 atom stereocenters. The Kier molecular flexibility index (Phi) is 6.35. The lowest BCUT2D eigenvalue weighted by atomic mass is 9.85. The van der Waals surface area contributed by atoms with E-state index in [1.807, 2.05) is 44.2 Å². The lowest BCUT2D eigenvalue weighted by molar-refractivity contribution is -0.137. The Morgan fingerprint density at radius 2 is 1.76 bits per heavy atom. The lowest BCUT2D eigenvalue weighted by Crippen LogP contribution is -2.57. The van der Waals surface area contributed by atoms with Crippen LogP contribution >= 0.6 is 0 Å². The average Bonchev–Trinajstić information content (AvgIpc) is 3.05. The molecule has 33 heavy (non-hydrogen) atoms. The van der Waals surface area contributed by atoms with E-state index in [2.05, 4.69) is 10.2 Å². The molecule has 0 unspecified atom stereocenters. The molecule has 0 saturated carbocycles. The molecule has 0 aromatic heterocycles. The van der Waals surface area contributed by atoms with Crippen LogP contribution in [-0.2, 0) is 9.59 Å². The largest absolute Gasteiger partial charge is 0.352 e. The topological polar surface area (TPSA) is 73.0 Å². The first kappa shape index (κ1) is 22.8. The highest BCUT2D eigenvalue weighted by Crippen LogP contribution is 2.39. The van der Waals surface area contributed by atoms with Crippen molar-refractivity contribution in [1.29, 1.82) is 0 Å².